The minimum Gasteiger partial charge on any atom is -0.383 e. The molecule has 0 radical (unpaired) electrons. The van der Waals surface area contributed by atoms with Gasteiger partial charge in [0.05, 0.1) is 6.61 Å². The topological polar surface area (TPSA) is 38.5 Å². The van der Waals surface area contributed by atoms with E-state index in [1.807, 2.05) is 0 Å². The number of ether oxygens (including phenoxy) is 1. The Morgan fingerprint density at radius 3 is 2.87 bits per heavy atom. The summed E-state index contributed by atoms with van der Waals surface area (Å²) in [4.78, 5) is 2.46. The third-order valence-corrected chi connectivity index (χ3v) is 4.18. The second kappa shape index (κ2) is 6.09. The van der Waals surface area contributed by atoms with Crippen molar-refractivity contribution in [3.63, 3.8) is 0 Å². The first-order chi connectivity index (χ1) is 7.03. The molecule has 0 aliphatic carbocycles. The van der Waals surface area contributed by atoms with Crippen LogP contribution in [0.15, 0.2) is 0 Å². The van der Waals surface area contributed by atoms with Crippen molar-refractivity contribution in [2.45, 2.75) is 31.1 Å². The van der Waals surface area contributed by atoms with E-state index in [9.17, 15) is 0 Å². The largest absolute Gasteiger partial charge is 0.383 e. The van der Waals surface area contributed by atoms with Gasteiger partial charge in [0.2, 0.25) is 0 Å². The van der Waals surface area contributed by atoms with E-state index in [4.69, 9.17) is 10.5 Å². The molecule has 15 heavy (non-hydrogen) atoms. The molecule has 0 aromatic rings. The zero-order chi connectivity index (χ0) is 11.3. The van der Waals surface area contributed by atoms with Crippen molar-refractivity contribution >= 4 is 11.8 Å². The van der Waals surface area contributed by atoms with Gasteiger partial charge in [-0.05, 0) is 13.0 Å². The normalized spacial score (nSPS) is 24.8. The number of hydrogen-bond donors (Lipinski definition) is 1. The molecule has 0 spiro atoms. The van der Waals surface area contributed by atoms with Gasteiger partial charge in [-0.25, -0.2) is 0 Å². The second-order valence-corrected chi connectivity index (χ2v) is 6.68. The molecule has 90 valence electrons. The van der Waals surface area contributed by atoms with Crippen molar-refractivity contribution in [1.82, 2.24) is 4.90 Å². The van der Waals surface area contributed by atoms with E-state index in [0.29, 0.717) is 11.4 Å². The number of methoxy groups -OCH3 is 1. The highest BCUT2D eigenvalue weighted by molar-refractivity contribution is 8.00. The summed E-state index contributed by atoms with van der Waals surface area (Å²) in [5.74, 6) is 1.21. The van der Waals surface area contributed by atoms with E-state index < -0.39 is 0 Å². The number of thioether (sulfide) groups is 1. The van der Waals surface area contributed by atoms with Crippen molar-refractivity contribution in [2.75, 3.05) is 39.1 Å². The van der Waals surface area contributed by atoms with Gasteiger partial charge in [0.25, 0.3) is 0 Å². The first-order valence-electron chi connectivity index (χ1n) is 5.64. The summed E-state index contributed by atoms with van der Waals surface area (Å²) in [5.41, 5.74) is 5.96. The lowest BCUT2D eigenvalue weighted by molar-refractivity contribution is 0.155. The summed E-state index contributed by atoms with van der Waals surface area (Å²) < 4.78 is 5.49. The number of rotatable bonds is 4. The van der Waals surface area contributed by atoms with Crippen LogP contribution in [0.4, 0.5) is 0 Å². The van der Waals surface area contributed by atoms with E-state index in [2.05, 4.69) is 30.5 Å². The summed E-state index contributed by atoms with van der Waals surface area (Å²) in [6, 6.07) is 0.154. The van der Waals surface area contributed by atoms with Gasteiger partial charge >= 0.3 is 0 Å². The van der Waals surface area contributed by atoms with Crippen LogP contribution in [-0.2, 0) is 4.74 Å². The standard InChI is InChI=1S/C11H24N2OS/c1-11(2)4-5-13(6-7-15-11)8-10(12)9-14-3/h10H,4-9,12H2,1-3H3. The van der Waals surface area contributed by atoms with Crippen LogP contribution < -0.4 is 5.73 Å². The zero-order valence-electron chi connectivity index (χ0n) is 10.2. The Bertz CT molecular complexity index is 187. The molecule has 1 fully saturated rings. The third kappa shape index (κ3) is 5.20. The monoisotopic (exact) mass is 232 g/mol. The highest BCUT2D eigenvalue weighted by Gasteiger charge is 2.24. The molecule has 1 saturated heterocycles. The summed E-state index contributed by atoms with van der Waals surface area (Å²) in [7, 11) is 1.71. The van der Waals surface area contributed by atoms with E-state index in [-0.39, 0.29) is 6.04 Å². The molecule has 0 saturated carbocycles. The SMILES string of the molecule is COCC(N)CN1CCSC(C)(C)CC1. The molecule has 4 heteroatoms. The van der Waals surface area contributed by atoms with E-state index in [1.54, 1.807) is 7.11 Å². The zero-order valence-corrected chi connectivity index (χ0v) is 11.0. The van der Waals surface area contributed by atoms with Crippen LogP contribution in [0.3, 0.4) is 0 Å². The Kier molecular flexibility index (Phi) is 5.39. The summed E-state index contributed by atoms with van der Waals surface area (Å²) >= 11 is 2.07. The first kappa shape index (κ1) is 13.3. The van der Waals surface area contributed by atoms with Crippen LogP contribution in [0.25, 0.3) is 0 Å². The van der Waals surface area contributed by atoms with Crippen LogP contribution >= 0.6 is 11.8 Å². The lowest BCUT2D eigenvalue weighted by atomic mass is 10.1. The van der Waals surface area contributed by atoms with Gasteiger partial charge in [0.15, 0.2) is 0 Å². The van der Waals surface area contributed by atoms with E-state index >= 15 is 0 Å². The molecule has 1 aliphatic heterocycles. The average Bonchev–Trinajstić information content (AvgIpc) is 2.28. The Hall–Kier alpha value is 0.230. The summed E-state index contributed by atoms with van der Waals surface area (Å²) in [5, 5.41) is 0. The predicted molar refractivity (Wildman–Crippen MR) is 67.4 cm³/mol. The molecule has 3 nitrogen and oxygen atoms in total. The Labute approximate surface area is 97.7 Å². The first-order valence-corrected chi connectivity index (χ1v) is 6.63. The van der Waals surface area contributed by atoms with Crippen LogP contribution in [0.1, 0.15) is 20.3 Å². The lowest BCUT2D eigenvalue weighted by Gasteiger charge is -2.24. The van der Waals surface area contributed by atoms with Gasteiger partial charge in [0.1, 0.15) is 0 Å². The molecule has 1 atom stereocenters. The molecule has 0 aromatic carbocycles. The molecular formula is C11H24N2OS. The number of nitrogens with two attached hydrogens (primary N) is 1. The van der Waals surface area contributed by atoms with Gasteiger partial charge in [-0.1, -0.05) is 13.8 Å². The van der Waals surface area contributed by atoms with Gasteiger partial charge in [-0.15, -0.1) is 0 Å². The van der Waals surface area contributed by atoms with Gasteiger partial charge in [-0.2, -0.15) is 11.8 Å². The smallest absolute Gasteiger partial charge is 0.0626 e. The Morgan fingerprint density at radius 1 is 1.47 bits per heavy atom. The maximum Gasteiger partial charge on any atom is 0.0626 e. The van der Waals surface area contributed by atoms with Crippen molar-refractivity contribution < 1.29 is 4.74 Å². The van der Waals surface area contributed by atoms with E-state index in [0.717, 1.165) is 19.6 Å². The van der Waals surface area contributed by atoms with Crippen molar-refractivity contribution in [2.24, 2.45) is 5.73 Å². The van der Waals surface area contributed by atoms with Crippen LogP contribution in [-0.4, -0.2) is 54.8 Å². The average molecular weight is 232 g/mol. The van der Waals surface area contributed by atoms with E-state index in [1.165, 1.54) is 12.2 Å². The van der Waals surface area contributed by atoms with Crippen LogP contribution in [0.2, 0.25) is 0 Å². The molecule has 2 N–H and O–H groups in total. The van der Waals surface area contributed by atoms with Crippen LogP contribution in [0, 0.1) is 0 Å². The maximum atomic E-state index is 5.96. The maximum absolute atomic E-state index is 5.96. The summed E-state index contributed by atoms with van der Waals surface area (Å²) in [6.07, 6.45) is 1.25. The van der Waals surface area contributed by atoms with Gasteiger partial charge in [-0.3, -0.25) is 0 Å². The second-order valence-electron chi connectivity index (χ2n) is 4.87. The van der Waals surface area contributed by atoms with Crippen molar-refractivity contribution in [3.05, 3.63) is 0 Å². The molecule has 0 amide bonds. The van der Waals surface area contributed by atoms with Gasteiger partial charge < -0.3 is 15.4 Å². The Balaban J connectivity index is 2.31. The van der Waals surface area contributed by atoms with Crippen molar-refractivity contribution in [3.8, 4) is 0 Å². The fourth-order valence-corrected chi connectivity index (χ4v) is 2.98. The molecule has 1 heterocycles. The highest BCUT2D eigenvalue weighted by atomic mass is 32.2. The molecule has 0 aromatic heterocycles. The highest BCUT2D eigenvalue weighted by Crippen LogP contribution is 2.30. The number of hydrogen-bond acceptors (Lipinski definition) is 4. The quantitative estimate of drug-likeness (QED) is 0.790. The van der Waals surface area contributed by atoms with Gasteiger partial charge in [0, 0.05) is 36.7 Å². The molecular weight excluding hydrogens is 208 g/mol. The lowest BCUT2D eigenvalue weighted by Crippen LogP contribution is -2.41. The fourth-order valence-electron chi connectivity index (χ4n) is 1.84. The summed E-state index contributed by atoms with van der Waals surface area (Å²) in [6.45, 7) is 8.60. The molecule has 1 rings (SSSR count). The fraction of sp³-hybridized carbons (Fsp3) is 1.00. The molecule has 1 aliphatic rings. The molecule has 0 bridgehead atoms. The minimum atomic E-state index is 0.154. The van der Waals surface area contributed by atoms with Crippen LogP contribution in [0.5, 0.6) is 0 Å². The third-order valence-electron chi connectivity index (χ3n) is 2.80. The predicted octanol–water partition coefficient (Wildman–Crippen LogP) is 1.18. The molecule has 1 unspecified atom stereocenters. The van der Waals surface area contributed by atoms with Crippen molar-refractivity contribution in [1.29, 1.82) is 0 Å². The number of nitrogens with zero attached hydrogens (tertiary/aromatic N) is 1. The Morgan fingerprint density at radius 2 is 2.20 bits per heavy atom. The minimum absolute atomic E-state index is 0.154.